The molecule has 1 saturated carbocycles. The van der Waals surface area contributed by atoms with Crippen LogP contribution in [0.4, 0.5) is 13.2 Å². The second kappa shape index (κ2) is 8.00. The highest BCUT2D eigenvalue weighted by Gasteiger charge is 2.40. The lowest BCUT2D eigenvalue weighted by Crippen LogP contribution is -3.15. The first kappa shape index (κ1) is 21.1. The molecule has 1 aromatic rings. The lowest BCUT2D eigenvalue weighted by molar-refractivity contribution is -0.895. The van der Waals surface area contributed by atoms with Crippen molar-refractivity contribution in [2.75, 3.05) is 32.7 Å². The van der Waals surface area contributed by atoms with E-state index < -0.39 is 26.7 Å². The highest BCUT2D eigenvalue weighted by atomic mass is 32.2. The fraction of sp³-hybridized carbons (Fsp3) is 0.611. The Balaban J connectivity index is 1.60. The molecule has 1 heterocycles. The van der Waals surface area contributed by atoms with E-state index in [0.29, 0.717) is 19.0 Å². The Hall–Kier alpha value is -1.65. The zero-order valence-electron chi connectivity index (χ0n) is 15.6. The topological polar surface area (TPSA) is 70.9 Å². The number of carbonyl (C=O) groups is 1. The minimum absolute atomic E-state index is 0.0758. The van der Waals surface area contributed by atoms with Crippen molar-refractivity contribution in [3.63, 3.8) is 0 Å². The Kier molecular flexibility index (Phi) is 6.02. The average Bonchev–Trinajstić information content (AvgIpc) is 3.46. The van der Waals surface area contributed by atoms with Gasteiger partial charge in [0.1, 0.15) is 0 Å². The normalized spacial score (nSPS) is 20.7. The van der Waals surface area contributed by atoms with E-state index in [1.165, 1.54) is 12.1 Å². The van der Waals surface area contributed by atoms with Crippen LogP contribution in [0.1, 0.15) is 25.3 Å². The summed E-state index contributed by atoms with van der Waals surface area (Å²) >= 11 is 0. The van der Waals surface area contributed by atoms with Crippen molar-refractivity contribution < 1.29 is 31.3 Å². The number of nitrogens with zero attached hydrogens (tertiary/aromatic N) is 1. The Labute approximate surface area is 162 Å². The maximum atomic E-state index is 13.2. The average molecular weight is 420 g/mol. The van der Waals surface area contributed by atoms with Gasteiger partial charge < -0.3 is 10.2 Å². The van der Waals surface area contributed by atoms with Crippen LogP contribution in [0, 0.1) is 5.92 Å². The molecule has 156 valence electrons. The Morgan fingerprint density at radius 2 is 1.86 bits per heavy atom. The van der Waals surface area contributed by atoms with Crippen LogP contribution in [0.2, 0.25) is 0 Å². The van der Waals surface area contributed by atoms with Gasteiger partial charge in [0.05, 0.1) is 36.6 Å². The van der Waals surface area contributed by atoms with E-state index in [1.807, 2.05) is 6.92 Å². The largest absolute Gasteiger partial charge is 0.417 e. The summed E-state index contributed by atoms with van der Waals surface area (Å²) in [6, 6.07) is 4.37. The van der Waals surface area contributed by atoms with Crippen molar-refractivity contribution in [1.82, 2.24) is 9.62 Å². The molecule has 0 radical (unpaired) electrons. The van der Waals surface area contributed by atoms with Gasteiger partial charge in [0.2, 0.25) is 10.0 Å². The summed E-state index contributed by atoms with van der Waals surface area (Å²) in [4.78, 5) is 12.3. The van der Waals surface area contributed by atoms with Gasteiger partial charge in [0.25, 0.3) is 5.91 Å². The molecule has 2 N–H and O–H groups in total. The first-order valence-corrected chi connectivity index (χ1v) is 10.8. The van der Waals surface area contributed by atoms with Crippen LogP contribution in [0.3, 0.4) is 0 Å². The third-order valence-electron chi connectivity index (χ3n) is 5.37. The maximum Gasteiger partial charge on any atom is 0.417 e. The van der Waals surface area contributed by atoms with E-state index in [1.54, 1.807) is 0 Å². The molecule has 0 unspecified atom stereocenters. The second-order valence-electron chi connectivity index (χ2n) is 7.52. The number of sulfonamides is 1. The summed E-state index contributed by atoms with van der Waals surface area (Å²) in [6.07, 6.45) is -2.48. The summed E-state index contributed by atoms with van der Waals surface area (Å²) in [5.74, 6) is 0.475. The third-order valence-corrected chi connectivity index (χ3v) is 7.32. The van der Waals surface area contributed by atoms with Crippen molar-refractivity contribution >= 4 is 15.9 Å². The molecule has 1 amide bonds. The summed E-state index contributed by atoms with van der Waals surface area (Å²) < 4.78 is 66.1. The van der Waals surface area contributed by atoms with Crippen molar-refractivity contribution in [1.29, 1.82) is 0 Å². The number of rotatable bonds is 6. The number of hydrogen-bond acceptors (Lipinski definition) is 3. The molecular weight excluding hydrogens is 395 g/mol. The number of carbonyl (C=O) groups excluding carboxylic acids is 1. The van der Waals surface area contributed by atoms with Crippen molar-refractivity contribution in [3.8, 4) is 0 Å². The Morgan fingerprint density at radius 3 is 2.43 bits per heavy atom. The van der Waals surface area contributed by atoms with Gasteiger partial charge in [-0.1, -0.05) is 12.1 Å². The quantitative estimate of drug-likeness (QED) is 0.705. The zero-order valence-corrected chi connectivity index (χ0v) is 16.4. The minimum Gasteiger partial charge on any atom is -0.348 e. The molecular formula is C18H25F3N3O3S+. The second-order valence-corrected chi connectivity index (χ2v) is 9.42. The summed E-state index contributed by atoms with van der Waals surface area (Å²) in [6.45, 7) is 3.12. The van der Waals surface area contributed by atoms with Crippen LogP contribution in [0.15, 0.2) is 29.2 Å². The highest BCUT2D eigenvalue weighted by Crippen LogP contribution is 2.35. The number of piperazine rings is 1. The first-order valence-electron chi connectivity index (χ1n) is 9.38. The number of benzene rings is 1. The smallest absolute Gasteiger partial charge is 0.348 e. The van der Waals surface area contributed by atoms with Gasteiger partial charge in [-0.05, 0) is 37.8 Å². The van der Waals surface area contributed by atoms with Gasteiger partial charge in [0, 0.05) is 6.04 Å². The van der Waals surface area contributed by atoms with Gasteiger partial charge in [-0.15, -0.1) is 0 Å². The van der Waals surface area contributed by atoms with E-state index in [4.69, 9.17) is 0 Å². The molecule has 1 saturated heterocycles. The number of alkyl halides is 3. The fourth-order valence-corrected chi connectivity index (χ4v) is 5.18. The summed E-state index contributed by atoms with van der Waals surface area (Å²) in [5, 5.41) is 2.96. The molecule has 28 heavy (non-hydrogen) atoms. The molecule has 0 aromatic heterocycles. The molecule has 2 fully saturated rings. The number of quaternary nitrogens is 1. The molecule has 1 aromatic carbocycles. The molecule has 6 nitrogen and oxygen atoms in total. The van der Waals surface area contributed by atoms with E-state index in [0.717, 1.165) is 34.2 Å². The Morgan fingerprint density at radius 1 is 1.25 bits per heavy atom. The van der Waals surface area contributed by atoms with Crippen molar-refractivity contribution in [2.24, 2.45) is 5.92 Å². The number of hydrogen-bond donors (Lipinski definition) is 2. The molecule has 1 atom stereocenters. The SMILES string of the molecule is C[C@H](NC(=O)C[NH+]1CCN(S(=O)(=O)c2ccccc2C(F)(F)F)CC1)C1CC1. The van der Waals surface area contributed by atoms with Gasteiger partial charge in [0.15, 0.2) is 6.54 Å². The molecule has 0 bridgehead atoms. The predicted molar refractivity (Wildman–Crippen MR) is 96.1 cm³/mol. The lowest BCUT2D eigenvalue weighted by Gasteiger charge is -2.31. The van der Waals surface area contributed by atoms with Crippen LogP contribution in [-0.4, -0.2) is 57.4 Å². The van der Waals surface area contributed by atoms with Crippen LogP contribution in [0.5, 0.6) is 0 Å². The van der Waals surface area contributed by atoms with Crippen molar-refractivity contribution in [3.05, 3.63) is 29.8 Å². The Bertz CT molecular complexity index is 817. The molecule has 10 heteroatoms. The van der Waals surface area contributed by atoms with Gasteiger partial charge in [-0.2, -0.15) is 17.5 Å². The summed E-state index contributed by atoms with van der Waals surface area (Å²) in [7, 11) is -4.25. The molecule has 1 aliphatic heterocycles. The van der Waals surface area contributed by atoms with Crippen molar-refractivity contribution in [2.45, 2.75) is 36.9 Å². The van der Waals surface area contributed by atoms with E-state index in [2.05, 4.69) is 5.32 Å². The third kappa shape index (κ3) is 4.84. The van der Waals surface area contributed by atoms with Gasteiger partial charge >= 0.3 is 6.18 Å². The number of nitrogens with one attached hydrogen (secondary N) is 2. The summed E-state index contributed by atoms with van der Waals surface area (Å²) in [5.41, 5.74) is -1.15. The van der Waals surface area contributed by atoms with E-state index >= 15 is 0 Å². The van der Waals surface area contributed by atoms with Crippen LogP contribution >= 0.6 is 0 Å². The lowest BCUT2D eigenvalue weighted by atomic mass is 10.2. The highest BCUT2D eigenvalue weighted by molar-refractivity contribution is 7.89. The van der Waals surface area contributed by atoms with Gasteiger partial charge in [-0.25, -0.2) is 8.42 Å². The molecule has 3 rings (SSSR count). The maximum absolute atomic E-state index is 13.2. The molecule has 2 aliphatic rings. The molecule has 1 aliphatic carbocycles. The standard InChI is InChI=1S/C18H24F3N3O3S/c1-13(14-6-7-14)22-17(25)12-23-8-10-24(11-9-23)28(26,27)16-5-3-2-4-15(16)18(19,20)21/h2-5,13-14H,6-12H2,1H3,(H,22,25)/p+1/t13-/m0/s1. The van der Waals surface area contributed by atoms with Crippen LogP contribution in [-0.2, 0) is 21.0 Å². The monoisotopic (exact) mass is 420 g/mol. The van der Waals surface area contributed by atoms with Crippen LogP contribution in [0.25, 0.3) is 0 Å². The predicted octanol–water partition coefficient (Wildman–Crippen LogP) is 0.509. The zero-order chi connectivity index (χ0) is 20.5. The fourth-order valence-electron chi connectivity index (χ4n) is 3.53. The molecule has 0 spiro atoms. The van der Waals surface area contributed by atoms with E-state index in [9.17, 15) is 26.4 Å². The minimum atomic E-state index is -4.74. The number of halogens is 3. The first-order chi connectivity index (χ1) is 13.1. The van der Waals surface area contributed by atoms with Gasteiger partial charge in [-0.3, -0.25) is 4.79 Å². The van der Waals surface area contributed by atoms with Crippen LogP contribution < -0.4 is 10.2 Å². The van der Waals surface area contributed by atoms with E-state index in [-0.39, 0.29) is 31.6 Å². The number of amides is 1.